The molecule has 2 nitrogen and oxygen atoms in total. The summed E-state index contributed by atoms with van der Waals surface area (Å²) in [5.74, 6) is 1.50. The number of hydrogen-bond donors (Lipinski definition) is 0. The highest BCUT2D eigenvalue weighted by Crippen LogP contribution is 2.33. The van der Waals surface area contributed by atoms with E-state index < -0.39 is 0 Å². The molecule has 0 bridgehead atoms. The van der Waals surface area contributed by atoms with Gasteiger partial charge in [-0.3, -0.25) is 0 Å². The van der Waals surface area contributed by atoms with Crippen LogP contribution in [0.25, 0.3) is 11.5 Å². The zero-order valence-electron chi connectivity index (χ0n) is 13.8. The van der Waals surface area contributed by atoms with Crippen LogP contribution in [0.4, 0.5) is 5.69 Å². The molecule has 0 saturated carbocycles. The molecule has 0 atom stereocenters. The summed E-state index contributed by atoms with van der Waals surface area (Å²) in [6, 6.07) is 25.3. The SMILES string of the molecule is Clc1ccc(C2=CN(c3ccccc3)C=C(c3ccc(Cl)cc3)O2)cc1. The third-order valence-electron chi connectivity index (χ3n) is 4.04. The first-order chi connectivity index (χ1) is 12.7. The Balaban J connectivity index is 1.76. The van der Waals surface area contributed by atoms with Crippen molar-refractivity contribution >= 4 is 40.4 Å². The number of rotatable bonds is 3. The number of anilines is 1. The molecule has 0 aliphatic carbocycles. The van der Waals surface area contributed by atoms with Crippen molar-refractivity contribution in [3.63, 3.8) is 0 Å². The minimum absolute atomic E-state index is 0.693. The van der Waals surface area contributed by atoms with E-state index in [9.17, 15) is 0 Å². The maximum Gasteiger partial charge on any atom is 0.151 e. The molecule has 0 radical (unpaired) electrons. The lowest BCUT2D eigenvalue weighted by Gasteiger charge is -2.26. The van der Waals surface area contributed by atoms with E-state index >= 15 is 0 Å². The van der Waals surface area contributed by atoms with Crippen molar-refractivity contribution in [1.29, 1.82) is 0 Å². The highest BCUT2D eigenvalue weighted by atomic mass is 35.5. The molecule has 0 fully saturated rings. The third-order valence-corrected chi connectivity index (χ3v) is 4.55. The number of para-hydroxylation sites is 1. The molecule has 4 heteroatoms. The van der Waals surface area contributed by atoms with Crippen molar-refractivity contribution in [1.82, 2.24) is 0 Å². The first kappa shape index (κ1) is 16.8. The van der Waals surface area contributed by atoms with Gasteiger partial charge in [0.2, 0.25) is 0 Å². The van der Waals surface area contributed by atoms with Crippen molar-refractivity contribution in [3.05, 3.63) is 112 Å². The van der Waals surface area contributed by atoms with E-state index in [1.54, 1.807) is 0 Å². The van der Waals surface area contributed by atoms with Crippen LogP contribution < -0.4 is 4.90 Å². The van der Waals surface area contributed by atoms with Gasteiger partial charge in [0, 0.05) is 26.9 Å². The van der Waals surface area contributed by atoms with Gasteiger partial charge < -0.3 is 9.64 Å². The average molecular weight is 380 g/mol. The Hall–Kier alpha value is -2.68. The van der Waals surface area contributed by atoms with Gasteiger partial charge in [-0.2, -0.15) is 0 Å². The van der Waals surface area contributed by atoms with Crippen LogP contribution in [-0.4, -0.2) is 0 Å². The van der Waals surface area contributed by atoms with Gasteiger partial charge in [-0.25, -0.2) is 0 Å². The second kappa shape index (κ2) is 7.28. The maximum absolute atomic E-state index is 6.18. The standard InChI is InChI=1S/C22H15Cl2NO/c23-18-10-6-16(7-11-18)21-14-25(20-4-2-1-3-5-20)15-22(26-21)17-8-12-19(24)13-9-17/h1-15H. The lowest BCUT2D eigenvalue weighted by atomic mass is 10.1. The van der Waals surface area contributed by atoms with Crippen molar-refractivity contribution in [2.75, 3.05) is 4.90 Å². The fourth-order valence-electron chi connectivity index (χ4n) is 2.71. The van der Waals surface area contributed by atoms with Gasteiger partial charge in [0.1, 0.15) is 0 Å². The normalized spacial score (nSPS) is 13.7. The van der Waals surface area contributed by atoms with E-state index in [0.29, 0.717) is 10.0 Å². The van der Waals surface area contributed by atoms with Crippen LogP contribution in [0.5, 0.6) is 0 Å². The molecule has 0 amide bonds. The van der Waals surface area contributed by atoms with Gasteiger partial charge in [0.05, 0.1) is 12.4 Å². The van der Waals surface area contributed by atoms with Crippen molar-refractivity contribution in [2.24, 2.45) is 0 Å². The second-order valence-corrected chi connectivity index (χ2v) is 6.72. The summed E-state index contributed by atoms with van der Waals surface area (Å²) >= 11 is 12.0. The summed E-state index contributed by atoms with van der Waals surface area (Å²) in [6.45, 7) is 0. The zero-order valence-corrected chi connectivity index (χ0v) is 15.3. The van der Waals surface area contributed by atoms with Crippen molar-refractivity contribution in [3.8, 4) is 0 Å². The number of halogens is 2. The van der Waals surface area contributed by atoms with Gasteiger partial charge >= 0.3 is 0 Å². The topological polar surface area (TPSA) is 12.5 Å². The lowest BCUT2D eigenvalue weighted by Crippen LogP contribution is -2.15. The molecule has 3 aromatic rings. The molecular formula is C22H15Cl2NO. The Morgan fingerprint density at radius 3 is 1.50 bits per heavy atom. The molecule has 0 unspecified atom stereocenters. The summed E-state index contributed by atoms with van der Waals surface area (Å²) < 4.78 is 6.18. The van der Waals surface area contributed by atoms with Crippen LogP contribution in [-0.2, 0) is 4.74 Å². The fraction of sp³-hybridized carbons (Fsp3) is 0. The van der Waals surface area contributed by atoms with Gasteiger partial charge in [0.25, 0.3) is 0 Å². The molecular weight excluding hydrogens is 365 g/mol. The summed E-state index contributed by atoms with van der Waals surface area (Å²) in [7, 11) is 0. The average Bonchev–Trinajstić information content (AvgIpc) is 2.69. The largest absolute Gasteiger partial charge is 0.453 e. The molecule has 1 aliphatic heterocycles. The first-order valence-electron chi connectivity index (χ1n) is 8.16. The van der Waals surface area contributed by atoms with Gasteiger partial charge in [-0.1, -0.05) is 41.4 Å². The van der Waals surface area contributed by atoms with E-state index in [0.717, 1.165) is 28.3 Å². The van der Waals surface area contributed by atoms with Crippen LogP contribution in [0.3, 0.4) is 0 Å². The number of benzene rings is 3. The molecule has 1 aliphatic rings. The smallest absolute Gasteiger partial charge is 0.151 e. The van der Waals surface area contributed by atoms with Gasteiger partial charge in [-0.05, 0) is 60.7 Å². The Morgan fingerprint density at radius 1 is 0.577 bits per heavy atom. The molecule has 0 saturated heterocycles. The van der Waals surface area contributed by atoms with Crippen molar-refractivity contribution in [2.45, 2.75) is 0 Å². The molecule has 26 heavy (non-hydrogen) atoms. The highest BCUT2D eigenvalue weighted by Gasteiger charge is 2.18. The van der Waals surface area contributed by atoms with Crippen LogP contribution >= 0.6 is 23.2 Å². The lowest BCUT2D eigenvalue weighted by molar-refractivity contribution is 0.462. The summed E-state index contributed by atoms with van der Waals surface area (Å²) in [5.41, 5.74) is 2.96. The van der Waals surface area contributed by atoms with Gasteiger partial charge in [0.15, 0.2) is 11.5 Å². The number of ether oxygens (including phenoxy) is 1. The summed E-state index contributed by atoms with van der Waals surface area (Å²) in [4.78, 5) is 2.05. The number of nitrogens with zero attached hydrogens (tertiary/aromatic N) is 1. The predicted octanol–water partition coefficient (Wildman–Crippen LogP) is 6.83. The van der Waals surface area contributed by atoms with E-state index in [2.05, 4.69) is 17.0 Å². The fourth-order valence-corrected chi connectivity index (χ4v) is 2.96. The Kier molecular flexibility index (Phi) is 4.70. The third kappa shape index (κ3) is 3.62. The van der Waals surface area contributed by atoms with E-state index in [4.69, 9.17) is 27.9 Å². The molecule has 128 valence electrons. The van der Waals surface area contributed by atoms with Crippen molar-refractivity contribution < 1.29 is 4.74 Å². The van der Waals surface area contributed by atoms with E-state index in [-0.39, 0.29) is 0 Å². The monoisotopic (exact) mass is 379 g/mol. The zero-order chi connectivity index (χ0) is 17.9. The molecule has 0 aromatic heterocycles. The highest BCUT2D eigenvalue weighted by molar-refractivity contribution is 6.30. The summed E-state index contributed by atoms with van der Waals surface area (Å²) in [6.07, 6.45) is 3.94. The van der Waals surface area contributed by atoms with Crippen LogP contribution in [0, 0.1) is 0 Å². The Bertz CT molecular complexity index is 900. The molecule has 3 aromatic carbocycles. The minimum Gasteiger partial charge on any atom is -0.453 e. The van der Waals surface area contributed by atoms with Gasteiger partial charge in [-0.15, -0.1) is 0 Å². The predicted molar refractivity (Wildman–Crippen MR) is 109 cm³/mol. The molecule has 4 rings (SSSR count). The molecule has 0 N–H and O–H groups in total. The minimum atomic E-state index is 0.693. The quantitative estimate of drug-likeness (QED) is 0.494. The van der Waals surface area contributed by atoms with Crippen LogP contribution in [0.15, 0.2) is 91.3 Å². The second-order valence-electron chi connectivity index (χ2n) is 5.85. The maximum atomic E-state index is 6.18. The van der Waals surface area contributed by atoms with E-state index in [1.165, 1.54) is 0 Å². The molecule has 1 heterocycles. The van der Waals surface area contributed by atoms with Crippen LogP contribution in [0.2, 0.25) is 10.0 Å². The molecule has 0 spiro atoms. The first-order valence-corrected chi connectivity index (χ1v) is 8.91. The number of hydrogen-bond acceptors (Lipinski definition) is 2. The van der Waals surface area contributed by atoms with E-state index in [1.807, 2.05) is 79.1 Å². The van der Waals surface area contributed by atoms with Crippen LogP contribution in [0.1, 0.15) is 11.1 Å². The Morgan fingerprint density at radius 2 is 1.04 bits per heavy atom. The summed E-state index contributed by atoms with van der Waals surface area (Å²) in [5, 5.41) is 1.39. The Labute approximate surface area is 162 Å².